The number of rotatable bonds is 4. The van der Waals surface area contributed by atoms with Crippen LogP contribution in [-0.4, -0.2) is 17.1 Å². The van der Waals surface area contributed by atoms with E-state index in [4.69, 9.17) is 10.5 Å². The molecule has 0 fully saturated rings. The van der Waals surface area contributed by atoms with E-state index in [9.17, 15) is 0 Å². The van der Waals surface area contributed by atoms with Gasteiger partial charge in [0, 0.05) is 24.4 Å². The molecule has 0 amide bonds. The summed E-state index contributed by atoms with van der Waals surface area (Å²) in [6.07, 6.45) is 4.21. The molecule has 3 N–H and O–H groups in total. The van der Waals surface area contributed by atoms with Crippen LogP contribution in [0.3, 0.4) is 0 Å². The molecule has 0 spiro atoms. The maximum absolute atomic E-state index is 6.09. The van der Waals surface area contributed by atoms with Crippen LogP contribution in [0.5, 0.6) is 5.75 Å². The second-order valence-corrected chi connectivity index (χ2v) is 3.66. The van der Waals surface area contributed by atoms with E-state index in [-0.39, 0.29) is 6.04 Å². The third-order valence-corrected chi connectivity index (χ3v) is 2.54. The van der Waals surface area contributed by atoms with E-state index in [0.717, 1.165) is 23.4 Å². The molecule has 2 aromatic rings. The molecule has 4 heteroatoms. The number of hydrogen-bond donors (Lipinski definition) is 2. The van der Waals surface area contributed by atoms with Gasteiger partial charge in [0.1, 0.15) is 5.75 Å². The van der Waals surface area contributed by atoms with E-state index in [1.165, 1.54) is 0 Å². The minimum absolute atomic E-state index is 0.0219. The summed E-state index contributed by atoms with van der Waals surface area (Å²) in [6, 6.07) is 7.79. The van der Waals surface area contributed by atoms with Crippen molar-refractivity contribution in [1.29, 1.82) is 0 Å². The molecular weight excluding hydrogens is 202 g/mol. The zero-order chi connectivity index (χ0) is 11.4. The molecular formula is C12H15N3O. The van der Waals surface area contributed by atoms with Gasteiger partial charge >= 0.3 is 0 Å². The van der Waals surface area contributed by atoms with E-state index in [1.807, 2.05) is 24.3 Å². The molecule has 1 aromatic heterocycles. The number of aromatic amines is 1. The second-order valence-electron chi connectivity index (χ2n) is 3.66. The molecule has 0 saturated heterocycles. The molecule has 84 valence electrons. The third-order valence-electron chi connectivity index (χ3n) is 2.54. The Hall–Kier alpha value is -1.81. The maximum atomic E-state index is 6.09. The van der Waals surface area contributed by atoms with Crippen molar-refractivity contribution in [2.45, 2.75) is 12.5 Å². The number of hydrogen-bond acceptors (Lipinski definition) is 3. The molecule has 0 saturated carbocycles. The SMILES string of the molecule is COc1ccc(C(N)Cc2cnc[nH]2)cc1. The summed E-state index contributed by atoms with van der Waals surface area (Å²) in [5, 5.41) is 0. The van der Waals surface area contributed by atoms with E-state index in [1.54, 1.807) is 19.6 Å². The smallest absolute Gasteiger partial charge is 0.118 e. The highest BCUT2D eigenvalue weighted by Gasteiger charge is 2.07. The first-order chi connectivity index (χ1) is 7.79. The van der Waals surface area contributed by atoms with Crippen LogP contribution in [0.25, 0.3) is 0 Å². The average molecular weight is 217 g/mol. The van der Waals surface area contributed by atoms with Crippen LogP contribution >= 0.6 is 0 Å². The maximum Gasteiger partial charge on any atom is 0.118 e. The van der Waals surface area contributed by atoms with Crippen LogP contribution in [0, 0.1) is 0 Å². The number of aromatic nitrogens is 2. The molecule has 4 nitrogen and oxygen atoms in total. The van der Waals surface area contributed by atoms with Crippen molar-refractivity contribution in [3.8, 4) is 5.75 Å². The van der Waals surface area contributed by atoms with Crippen LogP contribution in [0.4, 0.5) is 0 Å². The fraction of sp³-hybridized carbons (Fsp3) is 0.250. The van der Waals surface area contributed by atoms with E-state index in [2.05, 4.69) is 9.97 Å². The minimum atomic E-state index is -0.0219. The highest BCUT2D eigenvalue weighted by Crippen LogP contribution is 2.18. The minimum Gasteiger partial charge on any atom is -0.497 e. The summed E-state index contributed by atoms with van der Waals surface area (Å²) in [4.78, 5) is 7.01. The van der Waals surface area contributed by atoms with Gasteiger partial charge in [0.2, 0.25) is 0 Å². The molecule has 0 bridgehead atoms. The predicted octanol–water partition coefficient (Wildman–Crippen LogP) is 1.66. The lowest BCUT2D eigenvalue weighted by atomic mass is 10.0. The van der Waals surface area contributed by atoms with Gasteiger partial charge in [-0.25, -0.2) is 4.98 Å². The van der Waals surface area contributed by atoms with Crippen LogP contribution in [0.15, 0.2) is 36.8 Å². The Morgan fingerprint density at radius 3 is 2.69 bits per heavy atom. The number of H-pyrrole nitrogens is 1. The van der Waals surface area contributed by atoms with Gasteiger partial charge in [0.25, 0.3) is 0 Å². The summed E-state index contributed by atoms with van der Waals surface area (Å²) in [7, 11) is 1.65. The van der Waals surface area contributed by atoms with Gasteiger partial charge in [-0.15, -0.1) is 0 Å². The molecule has 0 radical (unpaired) electrons. The van der Waals surface area contributed by atoms with Crippen molar-refractivity contribution in [3.63, 3.8) is 0 Å². The molecule has 1 atom stereocenters. The van der Waals surface area contributed by atoms with Gasteiger partial charge in [-0.05, 0) is 17.7 Å². The van der Waals surface area contributed by atoms with Crippen molar-refractivity contribution in [2.24, 2.45) is 5.73 Å². The quantitative estimate of drug-likeness (QED) is 0.818. The van der Waals surface area contributed by atoms with Crippen LogP contribution < -0.4 is 10.5 Å². The second kappa shape index (κ2) is 4.81. The van der Waals surface area contributed by atoms with Crippen molar-refractivity contribution in [3.05, 3.63) is 48.0 Å². The molecule has 0 aliphatic carbocycles. The Morgan fingerprint density at radius 1 is 1.38 bits per heavy atom. The summed E-state index contributed by atoms with van der Waals surface area (Å²) in [5.74, 6) is 0.845. The summed E-state index contributed by atoms with van der Waals surface area (Å²) < 4.78 is 5.10. The Bertz CT molecular complexity index is 422. The molecule has 16 heavy (non-hydrogen) atoms. The number of ether oxygens (including phenoxy) is 1. The molecule has 0 aliphatic rings. The molecule has 1 unspecified atom stereocenters. The zero-order valence-electron chi connectivity index (χ0n) is 9.18. The van der Waals surface area contributed by atoms with Crippen molar-refractivity contribution < 1.29 is 4.74 Å². The van der Waals surface area contributed by atoms with E-state index >= 15 is 0 Å². The lowest BCUT2D eigenvalue weighted by Crippen LogP contribution is -2.13. The van der Waals surface area contributed by atoms with Crippen molar-refractivity contribution in [2.75, 3.05) is 7.11 Å². The number of nitrogens with two attached hydrogens (primary N) is 1. The zero-order valence-corrected chi connectivity index (χ0v) is 9.18. The van der Waals surface area contributed by atoms with Crippen molar-refractivity contribution >= 4 is 0 Å². The highest BCUT2D eigenvalue weighted by atomic mass is 16.5. The van der Waals surface area contributed by atoms with Gasteiger partial charge in [-0.2, -0.15) is 0 Å². The van der Waals surface area contributed by atoms with Crippen LogP contribution in [-0.2, 0) is 6.42 Å². The average Bonchev–Trinajstić information content (AvgIpc) is 2.82. The lowest BCUT2D eigenvalue weighted by Gasteiger charge is -2.11. The predicted molar refractivity (Wildman–Crippen MR) is 62.2 cm³/mol. The Kier molecular flexibility index (Phi) is 3.22. The van der Waals surface area contributed by atoms with Crippen molar-refractivity contribution in [1.82, 2.24) is 9.97 Å². The van der Waals surface area contributed by atoms with Crippen LogP contribution in [0.1, 0.15) is 17.3 Å². The van der Waals surface area contributed by atoms with E-state index in [0.29, 0.717) is 0 Å². The number of methoxy groups -OCH3 is 1. The number of nitrogens with zero attached hydrogens (tertiary/aromatic N) is 1. The Morgan fingerprint density at radius 2 is 2.12 bits per heavy atom. The topological polar surface area (TPSA) is 63.9 Å². The largest absolute Gasteiger partial charge is 0.497 e. The summed E-state index contributed by atoms with van der Waals surface area (Å²) in [5.41, 5.74) is 8.23. The van der Waals surface area contributed by atoms with E-state index < -0.39 is 0 Å². The number of imidazole rings is 1. The standard InChI is InChI=1S/C12H15N3O/c1-16-11-4-2-9(3-5-11)12(13)6-10-7-14-8-15-10/h2-5,7-8,12H,6,13H2,1H3,(H,14,15). The van der Waals surface area contributed by atoms with Gasteiger partial charge in [-0.3, -0.25) is 0 Å². The first-order valence-electron chi connectivity index (χ1n) is 5.16. The summed E-state index contributed by atoms with van der Waals surface area (Å²) in [6.45, 7) is 0. The van der Waals surface area contributed by atoms with Crippen LogP contribution in [0.2, 0.25) is 0 Å². The number of benzene rings is 1. The molecule has 2 rings (SSSR count). The number of nitrogens with one attached hydrogen (secondary N) is 1. The summed E-state index contributed by atoms with van der Waals surface area (Å²) >= 11 is 0. The molecule has 1 heterocycles. The normalized spacial score (nSPS) is 12.4. The first kappa shape index (κ1) is 10.7. The molecule has 1 aromatic carbocycles. The molecule has 0 aliphatic heterocycles. The first-order valence-corrected chi connectivity index (χ1v) is 5.16. The third kappa shape index (κ3) is 2.41. The monoisotopic (exact) mass is 217 g/mol. The lowest BCUT2D eigenvalue weighted by molar-refractivity contribution is 0.414. The fourth-order valence-corrected chi connectivity index (χ4v) is 1.60. The van der Waals surface area contributed by atoms with Gasteiger partial charge in [0.15, 0.2) is 0 Å². The fourth-order valence-electron chi connectivity index (χ4n) is 1.60. The Balaban J connectivity index is 2.05. The Labute approximate surface area is 94.5 Å². The highest BCUT2D eigenvalue weighted by molar-refractivity contribution is 5.29. The van der Waals surface area contributed by atoms with Gasteiger partial charge in [0.05, 0.1) is 13.4 Å². The van der Waals surface area contributed by atoms with Gasteiger partial charge < -0.3 is 15.5 Å². The van der Waals surface area contributed by atoms with Gasteiger partial charge in [-0.1, -0.05) is 12.1 Å².